The van der Waals surface area contributed by atoms with Crippen molar-refractivity contribution >= 4 is 5.97 Å². The largest absolute Gasteiger partial charge is 0.496 e. The van der Waals surface area contributed by atoms with Gasteiger partial charge in [0.15, 0.2) is 0 Å². The van der Waals surface area contributed by atoms with Crippen molar-refractivity contribution in [3.05, 3.63) is 29.3 Å². The van der Waals surface area contributed by atoms with Gasteiger partial charge < -0.3 is 9.84 Å². The molecule has 3 nitrogen and oxygen atoms in total. The van der Waals surface area contributed by atoms with Crippen molar-refractivity contribution in [2.24, 2.45) is 0 Å². The van der Waals surface area contributed by atoms with E-state index in [1.807, 2.05) is 0 Å². The fourth-order valence-corrected chi connectivity index (χ4v) is 3.29. The maximum atomic E-state index is 14.0. The van der Waals surface area contributed by atoms with Crippen LogP contribution < -0.4 is 4.74 Å². The van der Waals surface area contributed by atoms with Crippen LogP contribution in [-0.2, 0) is 16.1 Å². The number of aliphatic carboxylic acids is 1. The second-order valence-corrected chi connectivity index (χ2v) is 5.72. The van der Waals surface area contributed by atoms with E-state index in [1.165, 1.54) is 19.2 Å². The Balaban J connectivity index is 2.72. The zero-order valence-electron chi connectivity index (χ0n) is 12.3. The smallest absolute Gasteiger partial charge is 0.314 e. The van der Waals surface area contributed by atoms with Gasteiger partial charge in [0.05, 0.1) is 12.5 Å². The van der Waals surface area contributed by atoms with E-state index in [1.54, 1.807) is 6.07 Å². The Morgan fingerprint density at radius 1 is 1.29 bits per heavy atom. The second-order valence-electron chi connectivity index (χ2n) is 5.72. The molecule has 0 heterocycles. The lowest BCUT2D eigenvalue weighted by atomic mass is 9.67. The number of methoxy groups -OCH3 is 1. The first-order valence-corrected chi connectivity index (χ1v) is 7.12. The third kappa shape index (κ3) is 2.74. The number of carboxylic acids is 1. The van der Waals surface area contributed by atoms with Gasteiger partial charge in [-0.2, -0.15) is 0 Å². The summed E-state index contributed by atoms with van der Waals surface area (Å²) < 4.78 is 33.2. The van der Waals surface area contributed by atoms with Crippen molar-refractivity contribution in [2.45, 2.75) is 50.4 Å². The van der Waals surface area contributed by atoms with Crippen LogP contribution in [0.4, 0.5) is 8.78 Å². The third-order valence-electron chi connectivity index (χ3n) is 4.31. The highest BCUT2D eigenvalue weighted by Crippen LogP contribution is 2.48. The molecular formula is C16H20F2O3. The molecule has 0 saturated heterocycles. The number of alkyl halides is 2. The highest BCUT2D eigenvalue weighted by atomic mass is 19.3. The predicted octanol–water partition coefficient (Wildman–Crippen LogP) is 4.09. The molecule has 1 saturated carbocycles. The quantitative estimate of drug-likeness (QED) is 0.910. The molecule has 116 valence electrons. The summed E-state index contributed by atoms with van der Waals surface area (Å²) in [4.78, 5) is 11.9. The monoisotopic (exact) mass is 298 g/mol. The molecule has 1 N–H and O–H groups in total. The van der Waals surface area contributed by atoms with Gasteiger partial charge >= 0.3 is 5.97 Å². The summed E-state index contributed by atoms with van der Waals surface area (Å²) >= 11 is 0. The van der Waals surface area contributed by atoms with Gasteiger partial charge in [-0.25, -0.2) is 8.78 Å². The lowest BCUT2D eigenvalue weighted by molar-refractivity contribution is -0.145. The molecule has 2 rings (SSSR count). The van der Waals surface area contributed by atoms with E-state index in [4.69, 9.17) is 4.74 Å². The van der Waals surface area contributed by atoms with Crippen LogP contribution in [0.3, 0.4) is 0 Å². The summed E-state index contributed by atoms with van der Waals surface area (Å²) in [5, 5.41) is 9.75. The predicted molar refractivity (Wildman–Crippen MR) is 75.0 cm³/mol. The van der Waals surface area contributed by atoms with Crippen LogP contribution in [0.1, 0.15) is 50.2 Å². The number of halogens is 2. The first-order chi connectivity index (χ1) is 9.83. The second kappa shape index (κ2) is 5.62. The van der Waals surface area contributed by atoms with Gasteiger partial charge in [-0.3, -0.25) is 4.79 Å². The molecular weight excluding hydrogens is 278 g/mol. The maximum Gasteiger partial charge on any atom is 0.314 e. The molecule has 5 heteroatoms. The standard InChI is InChI=1S/C16H20F2O3/c1-15(17,18)11-7-6-8-12(21-2)13(11)16(14(19)20)9-4-3-5-10-16/h6-8H,3-5,9-10H2,1-2H3,(H,19,20). The molecule has 0 spiro atoms. The minimum atomic E-state index is -3.11. The lowest BCUT2D eigenvalue weighted by Crippen LogP contribution is -2.40. The van der Waals surface area contributed by atoms with Crippen LogP contribution >= 0.6 is 0 Å². The average Bonchev–Trinajstić information content (AvgIpc) is 2.46. The zero-order valence-corrected chi connectivity index (χ0v) is 12.3. The summed E-state index contributed by atoms with van der Waals surface area (Å²) in [6.07, 6.45) is 3.11. The summed E-state index contributed by atoms with van der Waals surface area (Å²) in [5.41, 5.74) is -1.38. The molecule has 21 heavy (non-hydrogen) atoms. The number of rotatable bonds is 4. The summed E-state index contributed by atoms with van der Waals surface area (Å²) in [5.74, 6) is -3.92. The molecule has 1 fully saturated rings. The van der Waals surface area contributed by atoms with Crippen molar-refractivity contribution in [2.75, 3.05) is 7.11 Å². The highest BCUT2D eigenvalue weighted by molar-refractivity contribution is 5.83. The SMILES string of the molecule is COc1cccc(C(C)(F)F)c1C1(C(=O)O)CCCCC1. The van der Waals surface area contributed by atoms with E-state index < -0.39 is 17.3 Å². The van der Waals surface area contributed by atoms with Gasteiger partial charge in [0.25, 0.3) is 5.92 Å². The van der Waals surface area contributed by atoms with Gasteiger partial charge in [0.1, 0.15) is 5.75 Å². The molecule has 1 aliphatic rings. The van der Waals surface area contributed by atoms with E-state index in [-0.39, 0.29) is 16.9 Å². The van der Waals surface area contributed by atoms with Gasteiger partial charge in [0.2, 0.25) is 0 Å². The minimum Gasteiger partial charge on any atom is -0.496 e. The molecule has 0 radical (unpaired) electrons. The molecule has 0 atom stereocenters. The number of hydrogen-bond acceptors (Lipinski definition) is 2. The molecule has 0 aromatic heterocycles. The van der Waals surface area contributed by atoms with Gasteiger partial charge in [-0.1, -0.05) is 31.4 Å². The van der Waals surface area contributed by atoms with E-state index in [0.29, 0.717) is 12.8 Å². The fourth-order valence-electron chi connectivity index (χ4n) is 3.29. The van der Waals surface area contributed by atoms with Crippen LogP contribution in [0.15, 0.2) is 18.2 Å². The molecule has 0 amide bonds. The van der Waals surface area contributed by atoms with Crippen molar-refractivity contribution in [1.29, 1.82) is 0 Å². The van der Waals surface area contributed by atoms with E-state index >= 15 is 0 Å². The number of carbonyl (C=O) groups is 1. The van der Waals surface area contributed by atoms with Crippen LogP contribution in [0.2, 0.25) is 0 Å². The number of benzene rings is 1. The van der Waals surface area contributed by atoms with Crippen LogP contribution in [0.25, 0.3) is 0 Å². The van der Waals surface area contributed by atoms with Crippen molar-refractivity contribution in [1.82, 2.24) is 0 Å². The minimum absolute atomic E-state index is 0.146. The Hall–Kier alpha value is -1.65. The average molecular weight is 298 g/mol. The van der Waals surface area contributed by atoms with E-state index in [2.05, 4.69) is 0 Å². The number of hydrogen-bond donors (Lipinski definition) is 1. The Labute approximate surface area is 122 Å². The van der Waals surface area contributed by atoms with Crippen molar-refractivity contribution in [3.63, 3.8) is 0 Å². The lowest BCUT2D eigenvalue weighted by Gasteiger charge is -2.36. The number of carboxylic acid groups (broad SMARTS) is 1. The Morgan fingerprint density at radius 2 is 1.90 bits per heavy atom. The molecule has 1 aliphatic carbocycles. The molecule has 0 unspecified atom stereocenters. The first kappa shape index (κ1) is 15.7. The zero-order chi connectivity index (χ0) is 15.7. The van der Waals surface area contributed by atoms with Crippen LogP contribution in [0, 0.1) is 0 Å². The van der Waals surface area contributed by atoms with E-state index in [0.717, 1.165) is 26.2 Å². The Bertz CT molecular complexity index is 529. The molecule has 1 aromatic carbocycles. The van der Waals surface area contributed by atoms with Crippen LogP contribution in [0.5, 0.6) is 5.75 Å². The van der Waals surface area contributed by atoms with Gasteiger partial charge in [-0.05, 0) is 18.9 Å². The summed E-state index contributed by atoms with van der Waals surface area (Å²) in [6.45, 7) is 0.795. The van der Waals surface area contributed by atoms with Gasteiger partial charge in [0, 0.05) is 18.1 Å². The first-order valence-electron chi connectivity index (χ1n) is 7.12. The van der Waals surface area contributed by atoms with Gasteiger partial charge in [-0.15, -0.1) is 0 Å². The summed E-state index contributed by atoms with van der Waals surface area (Å²) in [6, 6.07) is 4.34. The summed E-state index contributed by atoms with van der Waals surface area (Å²) in [7, 11) is 1.38. The maximum absolute atomic E-state index is 14.0. The van der Waals surface area contributed by atoms with Crippen molar-refractivity contribution in [3.8, 4) is 5.75 Å². The van der Waals surface area contributed by atoms with E-state index in [9.17, 15) is 18.7 Å². The number of ether oxygens (including phenoxy) is 1. The third-order valence-corrected chi connectivity index (χ3v) is 4.31. The van der Waals surface area contributed by atoms with Crippen LogP contribution in [-0.4, -0.2) is 18.2 Å². The molecule has 0 bridgehead atoms. The Morgan fingerprint density at radius 3 is 2.38 bits per heavy atom. The molecule has 1 aromatic rings. The Kier molecular flexibility index (Phi) is 4.21. The topological polar surface area (TPSA) is 46.5 Å². The van der Waals surface area contributed by atoms with Crippen molar-refractivity contribution < 1.29 is 23.4 Å². The normalized spacial score (nSPS) is 18.3. The fraction of sp³-hybridized carbons (Fsp3) is 0.562. The molecule has 0 aliphatic heterocycles. The highest BCUT2D eigenvalue weighted by Gasteiger charge is 2.47.